The normalized spacial score (nSPS) is 10.1. The average Bonchev–Trinajstić information content (AvgIpc) is 2.01. The zero-order valence-corrected chi connectivity index (χ0v) is 8.84. The van der Waals surface area contributed by atoms with Gasteiger partial charge >= 0.3 is 5.97 Å². The number of aryl methyl sites for hydroxylation is 2. The highest BCUT2D eigenvalue weighted by atomic mass is 35.5. The Morgan fingerprint density at radius 2 is 2.14 bits per heavy atom. The van der Waals surface area contributed by atoms with E-state index in [0.717, 1.165) is 22.6 Å². The maximum Gasteiger partial charge on any atom is 0.303 e. The molecule has 0 aliphatic carbocycles. The number of benzene rings is 1. The van der Waals surface area contributed by atoms with Gasteiger partial charge in [-0.2, -0.15) is 0 Å². The van der Waals surface area contributed by atoms with Gasteiger partial charge in [-0.15, -0.1) is 0 Å². The summed E-state index contributed by atoms with van der Waals surface area (Å²) in [6.07, 6.45) is 1.65. The highest BCUT2D eigenvalue weighted by Gasteiger charge is 2.00. The molecular weight excluding hydrogens is 200 g/mol. The SMILES string of the molecule is Cc1cc(Cl)cc(CCCC(=O)O)c1. The highest BCUT2D eigenvalue weighted by molar-refractivity contribution is 6.30. The van der Waals surface area contributed by atoms with Crippen LogP contribution < -0.4 is 0 Å². The van der Waals surface area contributed by atoms with Crippen LogP contribution in [0.1, 0.15) is 24.0 Å². The summed E-state index contributed by atoms with van der Waals surface area (Å²) in [6.45, 7) is 1.98. The van der Waals surface area contributed by atoms with Crippen molar-refractivity contribution in [2.24, 2.45) is 0 Å². The third kappa shape index (κ3) is 3.79. The molecule has 1 aromatic carbocycles. The lowest BCUT2D eigenvalue weighted by Crippen LogP contribution is -1.96. The molecule has 1 rings (SSSR count). The number of hydrogen-bond donors (Lipinski definition) is 1. The predicted octanol–water partition coefficient (Wildman–Crippen LogP) is 3.06. The first-order valence-electron chi connectivity index (χ1n) is 4.56. The molecule has 0 aromatic heterocycles. The summed E-state index contributed by atoms with van der Waals surface area (Å²) in [5, 5.41) is 9.19. The number of carboxylic acids is 1. The van der Waals surface area contributed by atoms with Crippen LogP contribution >= 0.6 is 11.6 Å². The van der Waals surface area contributed by atoms with Crippen LogP contribution in [0.15, 0.2) is 18.2 Å². The molecule has 1 aromatic rings. The van der Waals surface area contributed by atoms with Crippen molar-refractivity contribution in [1.82, 2.24) is 0 Å². The van der Waals surface area contributed by atoms with Gasteiger partial charge in [0.05, 0.1) is 0 Å². The number of rotatable bonds is 4. The van der Waals surface area contributed by atoms with Gasteiger partial charge in [0.15, 0.2) is 0 Å². The van der Waals surface area contributed by atoms with Gasteiger partial charge in [0.25, 0.3) is 0 Å². The largest absolute Gasteiger partial charge is 0.481 e. The minimum absolute atomic E-state index is 0.214. The van der Waals surface area contributed by atoms with E-state index >= 15 is 0 Å². The quantitative estimate of drug-likeness (QED) is 0.833. The van der Waals surface area contributed by atoms with Crippen molar-refractivity contribution in [3.05, 3.63) is 34.3 Å². The van der Waals surface area contributed by atoms with Crippen LogP contribution in [0.3, 0.4) is 0 Å². The Balaban J connectivity index is 2.54. The fraction of sp³-hybridized carbons (Fsp3) is 0.364. The van der Waals surface area contributed by atoms with Gasteiger partial charge in [-0.1, -0.05) is 17.7 Å². The maximum atomic E-state index is 10.3. The molecule has 0 fully saturated rings. The lowest BCUT2D eigenvalue weighted by molar-refractivity contribution is -0.137. The number of halogens is 1. The minimum atomic E-state index is -0.747. The van der Waals surface area contributed by atoms with Crippen molar-refractivity contribution in [2.75, 3.05) is 0 Å². The van der Waals surface area contributed by atoms with Gasteiger partial charge in [-0.3, -0.25) is 4.79 Å². The standard InChI is InChI=1S/C11H13ClO2/c1-8-5-9(7-10(12)6-8)3-2-4-11(13)14/h5-7H,2-4H2,1H3,(H,13,14). The van der Waals surface area contributed by atoms with Gasteiger partial charge in [-0.05, 0) is 43.0 Å². The first kappa shape index (κ1) is 11.1. The molecule has 76 valence electrons. The molecule has 0 saturated heterocycles. The van der Waals surface area contributed by atoms with Crippen LogP contribution in [0, 0.1) is 6.92 Å². The molecular formula is C11H13ClO2. The Kier molecular flexibility index (Phi) is 3.96. The molecule has 0 radical (unpaired) electrons. The van der Waals surface area contributed by atoms with Crippen LogP contribution in [0.5, 0.6) is 0 Å². The molecule has 0 saturated carbocycles. The molecule has 0 aliphatic rings. The lowest BCUT2D eigenvalue weighted by Gasteiger charge is -2.02. The summed E-state index contributed by atoms with van der Waals surface area (Å²) < 4.78 is 0. The number of carboxylic acid groups (broad SMARTS) is 1. The van der Waals surface area contributed by atoms with Crippen molar-refractivity contribution in [3.63, 3.8) is 0 Å². The maximum absolute atomic E-state index is 10.3. The molecule has 14 heavy (non-hydrogen) atoms. The molecule has 0 heterocycles. The fourth-order valence-electron chi connectivity index (χ4n) is 1.40. The van der Waals surface area contributed by atoms with Gasteiger partial charge in [0.1, 0.15) is 0 Å². The first-order valence-corrected chi connectivity index (χ1v) is 4.93. The summed E-state index contributed by atoms with van der Waals surface area (Å²) in [5.41, 5.74) is 2.22. The molecule has 3 heteroatoms. The van der Waals surface area contributed by atoms with Crippen LogP contribution in [0.4, 0.5) is 0 Å². The minimum Gasteiger partial charge on any atom is -0.481 e. The second-order valence-corrected chi connectivity index (χ2v) is 3.82. The summed E-state index contributed by atoms with van der Waals surface area (Å²) in [4.78, 5) is 10.3. The van der Waals surface area contributed by atoms with Crippen LogP contribution in [0.25, 0.3) is 0 Å². The van der Waals surface area contributed by atoms with Gasteiger partial charge in [0.2, 0.25) is 0 Å². The molecule has 0 unspecified atom stereocenters. The predicted molar refractivity (Wildman–Crippen MR) is 56.8 cm³/mol. The molecule has 2 nitrogen and oxygen atoms in total. The van der Waals surface area contributed by atoms with Gasteiger partial charge < -0.3 is 5.11 Å². The number of aliphatic carboxylic acids is 1. The van der Waals surface area contributed by atoms with E-state index < -0.39 is 5.97 Å². The Bertz CT molecular complexity index is 314. The van der Waals surface area contributed by atoms with Crippen molar-refractivity contribution < 1.29 is 9.90 Å². The molecule has 0 atom stereocenters. The van der Waals surface area contributed by atoms with Crippen LogP contribution in [0.2, 0.25) is 5.02 Å². The lowest BCUT2D eigenvalue weighted by atomic mass is 10.1. The van der Waals surface area contributed by atoms with Gasteiger partial charge in [-0.25, -0.2) is 0 Å². The molecule has 0 amide bonds. The Morgan fingerprint density at radius 3 is 2.71 bits per heavy atom. The first-order chi connectivity index (χ1) is 6.58. The van der Waals surface area contributed by atoms with E-state index in [9.17, 15) is 4.79 Å². The van der Waals surface area contributed by atoms with E-state index in [-0.39, 0.29) is 6.42 Å². The topological polar surface area (TPSA) is 37.3 Å². The van der Waals surface area contributed by atoms with E-state index in [1.54, 1.807) is 0 Å². The summed E-state index contributed by atoms with van der Waals surface area (Å²) in [7, 11) is 0. The summed E-state index contributed by atoms with van der Waals surface area (Å²) in [5.74, 6) is -0.747. The monoisotopic (exact) mass is 212 g/mol. The van der Waals surface area contributed by atoms with Crippen LogP contribution in [-0.2, 0) is 11.2 Å². The average molecular weight is 213 g/mol. The molecule has 0 aliphatic heterocycles. The third-order valence-electron chi connectivity index (χ3n) is 1.96. The number of hydrogen-bond acceptors (Lipinski definition) is 1. The zero-order chi connectivity index (χ0) is 10.6. The van der Waals surface area contributed by atoms with E-state index in [1.165, 1.54) is 0 Å². The Morgan fingerprint density at radius 1 is 1.43 bits per heavy atom. The smallest absolute Gasteiger partial charge is 0.303 e. The van der Waals surface area contributed by atoms with E-state index in [4.69, 9.17) is 16.7 Å². The second-order valence-electron chi connectivity index (χ2n) is 3.38. The second kappa shape index (κ2) is 5.01. The Labute approximate surface area is 88.5 Å². The molecule has 0 bridgehead atoms. The van der Waals surface area contributed by atoms with Gasteiger partial charge in [0, 0.05) is 11.4 Å². The van der Waals surface area contributed by atoms with E-state index in [1.807, 2.05) is 25.1 Å². The number of carbonyl (C=O) groups is 1. The van der Waals surface area contributed by atoms with E-state index in [0.29, 0.717) is 6.42 Å². The summed E-state index contributed by atoms with van der Waals surface area (Å²) >= 11 is 5.88. The summed E-state index contributed by atoms with van der Waals surface area (Å²) in [6, 6.07) is 5.81. The van der Waals surface area contributed by atoms with Crippen molar-refractivity contribution in [1.29, 1.82) is 0 Å². The van der Waals surface area contributed by atoms with Crippen LogP contribution in [-0.4, -0.2) is 11.1 Å². The highest BCUT2D eigenvalue weighted by Crippen LogP contribution is 2.16. The Hall–Kier alpha value is -1.02. The van der Waals surface area contributed by atoms with Crippen molar-refractivity contribution in [3.8, 4) is 0 Å². The third-order valence-corrected chi connectivity index (χ3v) is 2.18. The molecule has 0 spiro atoms. The zero-order valence-electron chi connectivity index (χ0n) is 8.09. The van der Waals surface area contributed by atoms with Crippen molar-refractivity contribution in [2.45, 2.75) is 26.2 Å². The van der Waals surface area contributed by atoms with E-state index in [2.05, 4.69) is 0 Å². The molecule has 1 N–H and O–H groups in total. The fourth-order valence-corrected chi connectivity index (χ4v) is 1.71. The van der Waals surface area contributed by atoms with Crippen molar-refractivity contribution >= 4 is 17.6 Å².